The van der Waals surface area contributed by atoms with Gasteiger partial charge >= 0.3 is 0 Å². The first-order chi connectivity index (χ1) is 11.8. The second-order valence-electron chi connectivity index (χ2n) is 6.60. The molecule has 7 heteroatoms. The maximum absolute atomic E-state index is 12.7. The number of likely N-dealkylation sites (tertiary alicyclic amines) is 1. The van der Waals surface area contributed by atoms with Crippen molar-refractivity contribution >= 4 is 23.3 Å². The number of nitrogens with zero attached hydrogens (tertiary/aromatic N) is 4. The van der Waals surface area contributed by atoms with Crippen molar-refractivity contribution in [1.82, 2.24) is 24.8 Å². The maximum atomic E-state index is 12.7. The van der Waals surface area contributed by atoms with Crippen LogP contribution in [0.3, 0.4) is 0 Å². The van der Waals surface area contributed by atoms with Crippen LogP contribution in [0, 0.1) is 0 Å². The largest absolute Gasteiger partial charge is 0.342 e. The molecule has 2 saturated heterocycles. The molecule has 0 aromatic carbocycles. The van der Waals surface area contributed by atoms with E-state index in [2.05, 4.69) is 19.9 Å². The van der Waals surface area contributed by atoms with E-state index in [1.807, 2.05) is 41.1 Å². The standard InChI is InChI=1S/C17H23N5OS/c23-16(10-14-12-24-9-6-18-14)21-7-3-4-13(11-21)17-20-19-15-5-1-2-8-22(15)17/h1-2,5,8,13-14,18H,3-4,6-7,9-12H2. The first kappa shape index (κ1) is 15.9. The number of hydrogen-bond acceptors (Lipinski definition) is 5. The van der Waals surface area contributed by atoms with Crippen molar-refractivity contribution in [3.63, 3.8) is 0 Å². The molecule has 2 unspecified atom stereocenters. The average molecular weight is 345 g/mol. The fraction of sp³-hybridized carbons (Fsp3) is 0.588. The molecule has 24 heavy (non-hydrogen) atoms. The Morgan fingerprint density at radius 3 is 3.21 bits per heavy atom. The van der Waals surface area contributed by atoms with Gasteiger partial charge in [0.25, 0.3) is 0 Å². The van der Waals surface area contributed by atoms with Crippen LogP contribution in [0.4, 0.5) is 0 Å². The highest BCUT2D eigenvalue weighted by Crippen LogP contribution is 2.26. The van der Waals surface area contributed by atoms with Gasteiger partial charge in [0, 0.05) is 55.7 Å². The minimum Gasteiger partial charge on any atom is -0.342 e. The molecule has 0 aliphatic carbocycles. The van der Waals surface area contributed by atoms with Crippen molar-refractivity contribution in [2.45, 2.75) is 31.2 Å². The Balaban J connectivity index is 1.44. The third-order valence-electron chi connectivity index (χ3n) is 4.90. The lowest BCUT2D eigenvalue weighted by atomic mass is 9.96. The summed E-state index contributed by atoms with van der Waals surface area (Å²) in [5, 5.41) is 12.1. The molecule has 2 aliphatic heterocycles. The summed E-state index contributed by atoms with van der Waals surface area (Å²) < 4.78 is 2.05. The highest BCUT2D eigenvalue weighted by molar-refractivity contribution is 7.99. The van der Waals surface area contributed by atoms with E-state index in [-0.39, 0.29) is 11.8 Å². The minimum absolute atomic E-state index is 0.272. The summed E-state index contributed by atoms with van der Waals surface area (Å²) in [6.07, 6.45) is 4.72. The van der Waals surface area contributed by atoms with Crippen LogP contribution in [0.1, 0.15) is 31.0 Å². The first-order valence-electron chi connectivity index (χ1n) is 8.70. The zero-order valence-electron chi connectivity index (χ0n) is 13.7. The number of carbonyl (C=O) groups is 1. The number of carbonyl (C=O) groups excluding carboxylic acids is 1. The Morgan fingerprint density at radius 1 is 1.38 bits per heavy atom. The van der Waals surface area contributed by atoms with E-state index in [9.17, 15) is 4.79 Å². The van der Waals surface area contributed by atoms with E-state index in [0.29, 0.717) is 12.5 Å². The fourth-order valence-electron chi connectivity index (χ4n) is 3.64. The average Bonchev–Trinajstić information content (AvgIpc) is 3.07. The van der Waals surface area contributed by atoms with Crippen LogP contribution in [-0.2, 0) is 4.79 Å². The summed E-state index contributed by atoms with van der Waals surface area (Å²) in [5.41, 5.74) is 0.874. The number of aromatic nitrogens is 3. The quantitative estimate of drug-likeness (QED) is 0.914. The van der Waals surface area contributed by atoms with Gasteiger partial charge in [0.15, 0.2) is 5.65 Å². The van der Waals surface area contributed by atoms with Crippen molar-refractivity contribution in [1.29, 1.82) is 0 Å². The van der Waals surface area contributed by atoms with Gasteiger partial charge in [-0.15, -0.1) is 10.2 Å². The molecule has 2 atom stereocenters. The first-order valence-corrected chi connectivity index (χ1v) is 9.85. The van der Waals surface area contributed by atoms with E-state index >= 15 is 0 Å². The van der Waals surface area contributed by atoms with Gasteiger partial charge in [-0.1, -0.05) is 6.07 Å². The van der Waals surface area contributed by atoms with Gasteiger partial charge in [-0.25, -0.2) is 0 Å². The Bertz CT molecular complexity index is 712. The molecule has 4 rings (SSSR count). The summed E-state index contributed by atoms with van der Waals surface area (Å²) in [6, 6.07) is 6.26. The smallest absolute Gasteiger partial charge is 0.224 e. The number of hydrogen-bond donors (Lipinski definition) is 1. The van der Waals surface area contributed by atoms with Crippen molar-refractivity contribution in [3.05, 3.63) is 30.2 Å². The van der Waals surface area contributed by atoms with Crippen LogP contribution in [0.15, 0.2) is 24.4 Å². The predicted octanol–water partition coefficient (Wildman–Crippen LogP) is 1.53. The summed E-state index contributed by atoms with van der Waals surface area (Å²) >= 11 is 1.94. The Kier molecular flexibility index (Phi) is 4.71. The van der Waals surface area contributed by atoms with E-state index in [1.54, 1.807) is 0 Å². The van der Waals surface area contributed by atoms with Crippen LogP contribution < -0.4 is 5.32 Å². The van der Waals surface area contributed by atoms with Crippen molar-refractivity contribution < 1.29 is 4.79 Å². The van der Waals surface area contributed by atoms with Gasteiger partial charge in [-0.3, -0.25) is 9.20 Å². The van der Waals surface area contributed by atoms with E-state index < -0.39 is 0 Å². The predicted molar refractivity (Wildman–Crippen MR) is 95.3 cm³/mol. The van der Waals surface area contributed by atoms with E-state index in [0.717, 1.165) is 55.5 Å². The van der Waals surface area contributed by atoms with Gasteiger partial charge in [0.1, 0.15) is 5.82 Å². The molecule has 1 amide bonds. The summed E-state index contributed by atoms with van der Waals surface area (Å²) in [5.74, 6) is 3.71. The summed E-state index contributed by atoms with van der Waals surface area (Å²) in [4.78, 5) is 14.7. The lowest BCUT2D eigenvalue weighted by Gasteiger charge is -2.33. The van der Waals surface area contributed by atoms with Gasteiger partial charge < -0.3 is 10.2 Å². The molecule has 128 valence electrons. The fourth-order valence-corrected chi connectivity index (χ4v) is 4.59. The SMILES string of the molecule is O=C(CC1CSCCN1)N1CCCC(c2nnc3ccccn23)C1. The van der Waals surface area contributed by atoms with Crippen LogP contribution in [0.2, 0.25) is 0 Å². The van der Waals surface area contributed by atoms with E-state index in [4.69, 9.17) is 0 Å². The summed E-state index contributed by atoms with van der Waals surface area (Å²) in [6.45, 7) is 2.64. The molecule has 0 bridgehead atoms. The zero-order chi connectivity index (χ0) is 16.4. The topological polar surface area (TPSA) is 62.5 Å². The molecule has 2 aromatic rings. The van der Waals surface area contributed by atoms with Crippen LogP contribution in [0.25, 0.3) is 5.65 Å². The second-order valence-corrected chi connectivity index (χ2v) is 7.75. The number of rotatable bonds is 3. The third-order valence-corrected chi connectivity index (χ3v) is 6.03. The number of fused-ring (bicyclic) bond motifs is 1. The molecule has 0 saturated carbocycles. The van der Waals surface area contributed by atoms with E-state index in [1.165, 1.54) is 0 Å². The second kappa shape index (κ2) is 7.11. The maximum Gasteiger partial charge on any atom is 0.224 e. The number of amides is 1. The number of thioether (sulfide) groups is 1. The van der Waals surface area contributed by atoms with Gasteiger partial charge in [-0.05, 0) is 25.0 Å². The number of nitrogens with one attached hydrogen (secondary N) is 1. The van der Waals surface area contributed by atoms with Crippen molar-refractivity contribution in [2.24, 2.45) is 0 Å². The zero-order valence-corrected chi connectivity index (χ0v) is 14.5. The molecule has 4 heterocycles. The Hall–Kier alpha value is -1.60. The van der Waals surface area contributed by atoms with Gasteiger partial charge in [0.2, 0.25) is 5.91 Å². The molecule has 2 aliphatic rings. The van der Waals surface area contributed by atoms with Gasteiger partial charge in [-0.2, -0.15) is 11.8 Å². The summed E-state index contributed by atoms with van der Waals surface area (Å²) in [7, 11) is 0. The Morgan fingerprint density at radius 2 is 2.33 bits per heavy atom. The van der Waals surface area contributed by atoms with Crippen LogP contribution in [-0.4, -0.2) is 62.6 Å². The number of pyridine rings is 1. The molecular formula is C17H23N5OS. The van der Waals surface area contributed by atoms with Crippen LogP contribution >= 0.6 is 11.8 Å². The Labute approximate surface area is 146 Å². The van der Waals surface area contributed by atoms with Crippen LogP contribution in [0.5, 0.6) is 0 Å². The molecule has 1 N–H and O–H groups in total. The highest BCUT2D eigenvalue weighted by atomic mass is 32.2. The van der Waals surface area contributed by atoms with Gasteiger partial charge in [0.05, 0.1) is 0 Å². The third kappa shape index (κ3) is 3.28. The normalized spacial score (nSPS) is 25.1. The molecule has 0 spiro atoms. The molecule has 2 aromatic heterocycles. The lowest BCUT2D eigenvalue weighted by molar-refractivity contribution is -0.132. The molecule has 6 nitrogen and oxygen atoms in total. The minimum atomic E-state index is 0.272. The molecule has 2 fully saturated rings. The number of piperidine rings is 1. The molecule has 0 radical (unpaired) electrons. The molecular weight excluding hydrogens is 322 g/mol. The lowest BCUT2D eigenvalue weighted by Crippen LogP contribution is -2.45. The monoisotopic (exact) mass is 345 g/mol. The van der Waals surface area contributed by atoms with Crippen molar-refractivity contribution in [2.75, 3.05) is 31.1 Å². The van der Waals surface area contributed by atoms with Crippen molar-refractivity contribution in [3.8, 4) is 0 Å². The highest BCUT2D eigenvalue weighted by Gasteiger charge is 2.29.